The van der Waals surface area contributed by atoms with Gasteiger partial charge in [0, 0.05) is 5.92 Å². The third kappa shape index (κ3) is 1.28. The first-order valence-corrected chi connectivity index (χ1v) is 3.83. The van der Waals surface area contributed by atoms with E-state index in [0.717, 1.165) is 6.42 Å². The quantitative estimate of drug-likeness (QED) is 0.501. The molecule has 0 aromatic heterocycles. The van der Waals surface area contributed by atoms with Crippen LogP contribution in [0.25, 0.3) is 0 Å². The van der Waals surface area contributed by atoms with Crippen molar-refractivity contribution in [3.8, 4) is 0 Å². The Bertz CT molecular complexity index is 179. The Morgan fingerprint density at radius 1 is 1.40 bits per heavy atom. The molecule has 10 heavy (non-hydrogen) atoms. The minimum absolute atomic E-state index is 0.249. The van der Waals surface area contributed by atoms with Gasteiger partial charge in [-0.2, -0.15) is 0 Å². The summed E-state index contributed by atoms with van der Waals surface area (Å²) in [6.45, 7) is 6.21. The second-order valence-electron chi connectivity index (χ2n) is 3.33. The second-order valence-corrected chi connectivity index (χ2v) is 3.33. The Labute approximate surface area is 62.1 Å². The second kappa shape index (κ2) is 2.57. The molecule has 0 fully saturated rings. The molecule has 0 amide bonds. The fourth-order valence-electron chi connectivity index (χ4n) is 1.34. The summed E-state index contributed by atoms with van der Waals surface area (Å²) >= 11 is 0. The lowest BCUT2D eigenvalue weighted by atomic mass is 9.83. The highest BCUT2D eigenvalue weighted by molar-refractivity contribution is 5.93. The van der Waals surface area contributed by atoms with Crippen molar-refractivity contribution >= 4 is 5.78 Å². The van der Waals surface area contributed by atoms with Gasteiger partial charge in [-0.25, -0.2) is 0 Å². The third-order valence-electron chi connectivity index (χ3n) is 2.34. The summed E-state index contributed by atoms with van der Waals surface area (Å²) in [5.74, 6) is 1.15. The standard InChI is InChI=1S/C9H14O/c1-6-4-8(3)9(10)5-7(6)2/h5-6,8H,4H2,1-3H3. The highest BCUT2D eigenvalue weighted by Gasteiger charge is 2.20. The van der Waals surface area contributed by atoms with Crippen molar-refractivity contribution in [1.29, 1.82) is 0 Å². The number of carbonyl (C=O) groups is 1. The Kier molecular flexibility index (Phi) is 1.93. The zero-order valence-corrected chi connectivity index (χ0v) is 6.85. The summed E-state index contributed by atoms with van der Waals surface area (Å²) < 4.78 is 0. The molecule has 1 aliphatic carbocycles. The van der Waals surface area contributed by atoms with E-state index in [4.69, 9.17) is 0 Å². The summed E-state index contributed by atoms with van der Waals surface area (Å²) in [4.78, 5) is 11.1. The van der Waals surface area contributed by atoms with E-state index in [9.17, 15) is 4.79 Å². The van der Waals surface area contributed by atoms with Crippen molar-refractivity contribution in [2.45, 2.75) is 27.2 Å². The number of carbonyl (C=O) groups excluding carboxylic acids is 1. The van der Waals surface area contributed by atoms with Crippen LogP contribution in [0.15, 0.2) is 11.6 Å². The maximum absolute atomic E-state index is 11.1. The van der Waals surface area contributed by atoms with E-state index in [2.05, 4.69) is 6.92 Å². The van der Waals surface area contributed by atoms with Crippen LogP contribution in [0.3, 0.4) is 0 Å². The minimum atomic E-state index is 0.249. The molecule has 0 saturated carbocycles. The van der Waals surface area contributed by atoms with Crippen LogP contribution in [-0.4, -0.2) is 5.78 Å². The summed E-state index contributed by atoms with van der Waals surface area (Å²) in [7, 11) is 0. The summed E-state index contributed by atoms with van der Waals surface area (Å²) in [6.07, 6.45) is 2.82. The van der Waals surface area contributed by atoms with E-state index in [0.29, 0.717) is 11.7 Å². The third-order valence-corrected chi connectivity index (χ3v) is 2.34. The van der Waals surface area contributed by atoms with Crippen LogP contribution in [0, 0.1) is 11.8 Å². The first-order chi connectivity index (χ1) is 4.61. The molecule has 2 atom stereocenters. The smallest absolute Gasteiger partial charge is 0.158 e. The first-order valence-electron chi connectivity index (χ1n) is 3.83. The molecule has 2 unspecified atom stereocenters. The average molecular weight is 138 g/mol. The van der Waals surface area contributed by atoms with Crippen LogP contribution in [-0.2, 0) is 4.79 Å². The number of allylic oxidation sites excluding steroid dienone is 2. The minimum Gasteiger partial charge on any atom is -0.295 e. The fourth-order valence-corrected chi connectivity index (χ4v) is 1.34. The number of hydrogen-bond acceptors (Lipinski definition) is 1. The van der Waals surface area contributed by atoms with Gasteiger partial charge in [0.05, 0.1) is 0 Å². The van der Waals surface area contributed by atoms with Crippen molar-refractivity contribution in [3.63, 3.8) is 0 Å². The zero-order valence-electron chi connectivity index (χ0n) is 6.85. The lowest BCUT2D eigenvalue weighted by Crippen LogP contribution is -2.18. The van der Waals surface area contributed by atoms with E-state index in [1.807, 2.05) is 13.8 Å². The average Bonchev–Trinajstić information content (AvgIpc) is 1.84. The van der Waals surface area contributed by atoms with E-state index in [-0.39, 0.29) is 5.92 Å². The molecule has 0 radical (unpaired) electrons. The van der Waals surface area contributed by atoms with Gasteiger partial charge in [-0.05, 0) is 25.3 Å². The molecule has 1 nitrogen and oxygen atoms in total. The number of ketones is 1. The van der Waals surface area contributed by atoms with Crippen LogP contribution < -0.4 is 0 Å². The van der Waals surface area contributed by atoms with Gasteiger partial charge in [-0.15, -0.1) is 0 Å². The van der Waals surface area contributed by atoms with Crippen LogP contribution in [0.4, 0.5) is 0 Å². The first kappa shape index (κ1) is 7.52. The maximum Gasteiger partial charge on any atom is 0.158 e. The lowest BCUT2D eigenvalue weighted by Gasteiger charge is -2.21. The molecule has 0 spiro atoms. The molecular weight excluding hydrogens is 124 g/mol. The Morgan fingerprint density at radius 3 is 2.50 bits per heavy atom. The van der Waals surface area contributed by atoms with Gasteiger partial charge in [0.1, 0.15) is 0 Å². The Balaban J connectivity index is 2.79. The van der Waals surface area contributed by atoms with Crippen molar-refractivity contribution in [1.82, 2.24) is 0 Å². The largest absolute Gasteiger partial charge is 0.295 e. The van der Waals surface area contributed by atoms with Crippen molar-refractivity contribution in [2.75, 3.05) is 0 Å². The van der Waals surface area contributed by atoms with Crippen LogP contribution >= 0.6 is 0 Å². The normalized spacial score (nSPS) is 33.9. The molecule has 1 aliphatic rings. The van der Waals surface area contributed by atoms with Crippen LogP contribution in [0.1, 0.15) is 27.2 Å². The van der Waals surface area contributed by atoms with E-state index in [1.165, 1.54) is 5.57 Å². The molecule has 0 saturated heterocycles. The van der Waals surface area contributed by atoms with Crippen molar-refractivity contribution in [3.05, 3.63) is 11.6 Å². The Morgan fingerprint density at radius 2 is 2.00 bits per heavy atom. The van der Waals surface area contributed by atoms with Crippen molar-refractivity contribution in [2.24, 2.45) is 11.8 Å². The predicted octanol–water partition coefficient (Wildman–Crippen LogP) is 2.18. The molecule has 0 aromatic rings. The molecule has 0 bridgehead atoms. The van der Waals surface area contributed by atoms with Gasteiger partial charge in [0.25, 0.3) is 0 Å². The van der Waals surface area contributed by atoms with Crippen LogP contribution in [0.2, 0.25) is 0 Å². The highest BCUT2D eigenvalue weighted by Crippen LogP contribution is 2.25. The molecule has 0 aliphatic heterocycles. The molecule has 0 aromatic carbocycles. The van der Waals surface area contributed by atoms with Crippen molar-refractivity contribution < 1.29 is 4.79 Å². The van der Waals surface area contributed by atoms with Gasteiger partial charge >= 0.3 is 0 Å². The fraction of sp³-hybridized carbons (Fsp3) is 0.667. The predicted molar refractivity (Wildman–Crippen MR) is 41.7 cm³/mol. The lowest BCUT2D eigenvalue weighted by molar-refractivity contribution is -0.118. The van der Waals surface area contributed by atoms with E-state index >= 15 is 0 Å². The van der Waals surface area contributed by atoms with Gasteiger partial charge in [0.2, 0.25) is 0 Å². The highest BCUT2D eigenvalue weighted by atomic mass is 16.1. The van der Waals surface area contributed by atoms with Gasteiger partial charge in [-0.1, -0.05) is 19.4 Å². The van der Waals surface area contributed by atoms with E-state index in [1.54, 1.807) is 6.08 Å². The molecule has 0 N–H and O–H groups in total. The topological polar surface area (TPSA) is 17.1 Å². The van der Waals surface area contributed by atoms with Gasteiger partial charge < -0.3 is 0 Å². The summed E-state index contributed by atoms with van der Waals surface area (Å²) in [6, 6.07) is 0. The molecule has 56 valence electrons. The summed E-state index contributed by atoms with van der Waals surface area (Å²) in [5, 5.41) is 0. The number of hydrogen-bond donors (Lipinski definition) is 0. The Hall–Kier alpha value is -0.590. The molecule has 1 rings (SSSR count). The van der Waals surface area contributed by atoms with Crippen LogP contribution in [0.5, 0.6) is 0 Å². The maximum atomic E-state index is 11.1. The van der Waals surface area contributed by atoms with Gasteiger partial charge in [0.15, 0.2) is 5.78 Å². The SMILES string of the molecule is CC1=CC(=O)C(C)CC1C. The molecule has 0 heterocycles. The molecular formula is C9H14O. The number of rotatable bonds is 0. The van der Waals surface area contributed by atoms with Gasteiger partial charge in [-0.3, -0.25) is 4.79 Å². The zero-order chi connectivity index (χ0) is 7.72. The van der Waals surface area contributed by atoms with E-state index < -0.39 is 0 Å². The monoisotopic (exact) mass is 138 g/mol. The summed E-state index contributed by atoms with van der Waals surface area (Å²) in [5.41, 5.74) is 1.24. The molecule has 1 heteroatoms.